The first-order valence-electron chi connectivity index (χ1n) is 9.64. The molecule has 1 heterocycles. The van der Waals surface area contributed by atoms with Crippen LogP contribution in [-0.4, -0.2) is 21.2 Å². The predicted molar refractivity (Wildman–Crippen MR) is 98.5 cm³/mol. The summed E-state index contributed by atoms with van der Waals surface area (Å²) in [4.78, 5) is 7.38. The largest absolute Gasteiger partial charge is 0.393 e. The van der Waals surface area contributed by atoms with Gasteiger partial charge >= 0.3 is 0 Å². The molecule has 0 spiro atoms. The number of aliphatic hydroxyl groups is 1. The average molecular weight is 321 g/mol. The number of aryl methyl sites for hydroxylation is 1. The number of nitrogens with one attached hydrogen (secondary N) is 1. The first-order chi connectivity index (χ1) is 11.3. The predicted octanol–water partition coefficient (Wildman–Crippen LogP) is 5.57. The van der Waals surface area contributed by atoms with Crippen LogP contribution in [0.4, 0.5) is 0 Å². The highest BCUT2D eigenvalue weighted by Crippen LogP contribution is 2.12. The van der Waals surface area contributed by atoms with Crippen molar-refractivity contribution in [1.82, 2.24) is 9.97 Å². The van der Waals surface area contributed by atoms with E-state index in [1.165, 1.54) is 51.4 Å². The van der Waals surface area contributed by atoms with Crippen LogP contribution in [0.5, 0.6) is 0 Å². The van der Waals surface area contributed by atoms with Crippen LogP contribution in [0, 0.1) is 0 Å². The third-order valence-corrected chi connectivity index (χ3v) is 4.31. The summed E-state index contributed by atoms with van der Waals surface area (Å²) in [5.41, 5.74) is 0. The van der Waals surface area contributed by atoms with E-state index < -0.39 is 0 Å². The number of allylic oxidation sites excluding steroid dienone is 2. The fourth-order valence-electron chi connectivity index (χ4n) is 2.82. The van der Waals surface area contributed by atoms with E-state index in [9.17, 15) is 5.11 Å². The number of rotatable bonds is 15. The van der Waals surface area contributed by atoms with Crippen molar-refractivity contribution < 1.29 is 5.11 Å². The molecule has 0 aliphatic carbocycles. The summed E-state index contributed by atoms with van der Waals surface area (Å²) in [6.45, 7) is 2.24. The van der Waals surface area contributed by atoms with Crippen molar-refractivity contribution in [2.24, 2.45) is 0 Å². The number of hydrogen-bond donors (Lipinski definition) is 2. The normalized spacial score (nSPS) is 13.0. The Morgan fingerprint density at radius 1 is 1.00 bits per heavy atom. The minimum absolute atomic E-state index is 0.113. The second-order valence-corrected chi connectivity index (χ2v) is 6.54. The maximum absolute atomic E-state index is 9.97. The number of imidazole rings is 1. The van der Waals surface area contributed by atoms with Gasteiger partial charge < -0.3 is 10.1 Å². The molecule has 0 aromatic carbocycles. The lowest BCUT2D eigenvalue weighted by atomic mass is 10.0. The maximum atomic E-state index is 9.97. The highest BCUT2D eigenvalue weighted by atomic mass is 16.3. The Labute approximate surface area is 142 Å². The van der Waals surface area contributed by atoms with Crippen LogP contribution in [-0.2, 0) is 6.42 Å². The summed E-state index contributed by atoms with van der Waals surface area (Å²) >= 11 is 0. The van der Waals surface area contributed by atoms with E-state index in [2.05, 4.69) is 29.0 Å². The van der Waals surface area contributed by atoms with Crippen LogP contribution in [0.15, 0.2) is 24.5 Å². The molecular formula is C20H36N2O. The molecular weight excluding hydrogens is 284 g/mol. The third-order valence-electron chi connectivity index (χ3n) is 4.31. The summed E-state index contributed by atoms with van der Waals surface area (Å²) < 4.78 is 0. The first-order valence-corrected chi connectivity index (χ1v) is 9.64. The monoisotopic (exact) mass is 320 g/mol. The number of nitrogens with zero attached hydrogens (tertiary/aromatic N) is 1. The van der Waals surface area contributed by atoms with Gasteiger partial charge in [0, 0.05) is 18.8 Å². The Hall–Kier alpha value is -1.09. The zero-order chi connectivity index (χ0) is 16.6. The quantitative estimate of drug-likeness (QED) is 0.328. The van der Waals surface area contributed by atoms with Gasteiger partial charge in [0.2, 0.25) is 0 Å². The highest BCUT2D eigenvalue weighted by molar-refractivity contribution is 4.86. The van der Waals surface area contributed by atoms with E-state index in [-0.39, 0.29) is 6.10 Å². The van der Waals surface area contributed by atoms with Crippen molar-refractivity contribution in [3.8, 4) is 0 Å². The van der Waals surface area contributed by atoms with Crippen LogP contribution in [0.25, 0.3) is 0 Å². The van der Waals surface area contributed by atoms with Crippen molar-refractivity contribution in [2.75, 3.05) is 0 Å². The lowest BCUT2D eigenvalue weighted by molar-refractivity contribution is 0.152. The van der Waals surface area contributed by atoms with Crippen LogP contribution in [0.2, 0.25) is 0 Å². The molecule has 3 nitrogen and oxygen atoms in total. The van der Waals surface area contributed by atoms with Crippen molar-refractivity contribution >= 4 is 0 Å². The molecule has 1 aromatic rings. The molecule has 0 aliphatic heterocycles. The van der Waals surface area contributed by atoms with Crippen molar-refractivity contribution in [2.45, 2.75) is 96.5 Å². The number of H-pyrrole nitrogens is 1. The lowest BCUT2D eigenvalue weighted by Gasteiger charge is -2.08. The Morgan fingerprint density at radius 3 is 2.57 bits per heavy atom. The van der Waals surface area contributed by atoms with E-state index in [0.717, 1.165) is 37.9 Å². The minimum Gasteiger partial charge on any atom is -0.393 e. The molecule has 2 N–H and O–H groups in total. The minimum atomic E-state index is -0.113. The van der Waals surface area contributed by atoms with Gasteiger partial charge in [-0.25, -0.2) is 4.98 Å². The number of aromatic nitrogens is 2. The summed E-state index contributed by atoms with van der Waals surface area (Å²) in [6, 6.07) is 0. The average Bonchev–Trinajstić information content (AvgIpc) is 3.06. The zero-order valence-corrected chi connectivity index (χ0v) is 15.0. The molecule has 0 unspecified atom stereocenters. The lowest BCUT2D eigenvalue weighted by Crippen LogP contribution is -2.05. The van der Waals surface area contributed by atoms with Crippen molar-refractivity contribution in [3.63, 3.8) is 0 Å². The number of unbranched alkanes of at least 4 members (excludes halogenated alkanes) is 7. The highest BCUT2D eigenvalue weighted by Gasteiger charge is 2.02. The molecule has 3 heteroatoms. The summed E-state index contributed by atoms with van der Waals surface area (Å²) in [5, 5.41) is 9.97. The smallest absolute Gasteiger partial charge is 0.105 e. The topological polar surface area (TPSA) is 48.9 Å². The molecule has 0 saturated carbocycles. The number of hydrogen-bond acceptors (Lipinski definition) is 2. The SMILES string of the molecule is CCCCC/C=C\CC[C@H](O)CCCCCCCc1ncc[nH]1. The van der Waals surface area contributed by atoms with Crippen molar-refractivity contribution in [3.05, 3.63) is 30.4 Å². The van der Waals surface area contributed by atoms with Crippen molar-refractivity contribution in [1.29, 1.82) is 0 Å². The molecule has 23 heavy (non-hydrogen) atoms. The molecule has 1 rings (SSSR count). The van der Waals surface area contributed by atoms with E-state index >= 15 is 0 Å². The third kappa shape index (κ3) is 12.1. The standard InChI is InChI=1S/C20H36N2O/c1-2-3-4-5-6-8-11-14-19(23)15-12-9-7-10-13-16-20-21-17-18-22-20/h6,8,17-19,23H,2-5,7,9-16H2,1H3,(H,21,22)/b8-6-/t19-/m0/s1. The van der Waals surface area contributed by atoms with Gasteiger partial charge in [-0.05, 0) is 38.5 Å². The summed E-state index contributed by atoms with van der Waals surface area (Å²) in [6.07, 6.45) is 23.3. The van der Waals surface area contributed by atoms with Crippen LogP contribution < -0.4 is 0 Å². The Balaban J connectivity index is 1.83. The van der Waals surface area contributed by atoms with E-state index in [0.29, 0.717) is 0 Å². The molecule has 1 aromatic heterocycles. The van der Waals surface area contributed by atoms with E-state index in [1.807, 2.05) is 12.4 Å². The fourth-order valence-corrected chi connectivity index (χ4v) is 2.82. The van der Waals surface area contributed by atoms with Gasteiger partial charge in [0.1, 0.15) is 5.82 Å². The molecule has 0 radical (unpaired) electrons. The first kappa shape index (κ1) is 20.0. The summed E-state index contributed by atoms with van der Waals surface area (Å²) in [7, 11) is 0. The van der Waals surface area contributed by atoms with E-state index in [1.54, 1.807) is 0 Å². The second-order valence-electron chi connectivity index (χ2n) is 6.54. The van der Waals surface area contributed by atoms with Gasteiger partial charge in [-0.15, -0.1) is 0 Å². The number of aromatic amines is 1. The van der Waals surface area contributed by atoms with Gasteiger partial charge in [0.15, 0.2) is 0 Å². The van der Waals surface area contributed by atoms with Crippen LogP contribution in [0.3, 0.4) is 0 Å². The van der Waals surface area contributed by atoms with Crippen LogP contribution >= 0.6 is 0 Å². The molecule has 1 atom stereocenters. The zero-order valence-electron chi connectivity index (χ0n) is 15.0. The Kier molecular flexibility index (Phi) is 12.6. The molecule has 0 bridgehead atoms. The molecule has 0 amide bonds. The number of aliphatic hydroxyl groups excluding tert-OH is 1. The van der Waals surface area contributed by atoms with Gasteiger partial charge in [0.25, 0.3) is 0 Å². The fraction of sp³-hybridized carbons (Fsp3) is 0.750. The Morgan fingerprint density at radius 2 is 1.78 bits per heavy atom. The van der Waals surface area contributed by atoms with Gasteiger partial charge in [-0.3, -0.25) is 0 Å². The molecule has 132 valence electrons. The van der Waals surface area contributed by atoms with Gasteiger partial charge in [-0.1, -0.05) is 57.6 Å². The molecule has 0 fully saturated rings. The van der Waals surface area contributed by atoms with E-state index in [4.69, 9.17) is 0 Å². The van der Waals surface area contributed by atoms with Crippen LogP contribution in [0.1, 0.15) is 89.8 Å². The second kappa shape index (κ2) is 14.5. The Bertz CT molecular complexity index is 373. The van der Waals surface area contributed by atoms with Gasteiger partial charge in [0.05, 0.1) is 6.10 Å². The summed E-state index contributed by atoms with van der Waals surface area (Å²) in [5.74, 6) is 1.10. The maximum Gasteiger partial charge on any atom is 0.105 e. The molecule has 0 aliphatic rings. The van der Waals surface area contributed by atoms with Gasteiger partial charge in [-0.2, -0.15) is 0 Å². The molecule has 0 saturated heterocycles.